The minimum atomic E-state index is -0.881. The van der Waals surface area contributed by atoms with Crippen LogP contribution in [0.5, 0.6) is 0 Å². The summed E-state index contributed by atoms with van der Waals surface area (Å²) in [7, 11) is 0. The average molecular weight is 408 g/mol. The second-order valence-electron chi connectivity index (χ2n) is 10.1. The van der Waals surface area contributed by atoms with Crippen LogP contribution < -0.4 is 16.0 Å². The number of alkyl halides is 1. The zero-order valence-corrected chi connectivity index (χ0v) is 17.8. The highest BCUT2D eigenvalue weighted by Gasteiger charge is 2.53. The lowest BCUT2D eigenvalue weighted by Gasteiger charge is -2.44. The minimum Gasteiger partial charge on any atom is -0.354 e. The van der Waals surface area contributed by atoms with Gasteiger partial charge in [-0.25, -0.2) is 4.39 Å². The van der Waals surface area contributed by atoms with E-state index in [9.17, 15) is 9.18 Å². The SMILES string of the molecule is C[C@H]1CNC(=O)C2CC(F)CC3NC(NCC[C@@H]4CCCN5CCCC[C@H]45)N1C32. The molecule has 4 aliphatic heterocycles. The molecule has 0 aromatic rings. The Bertz CT molecular complexity index is 604. The molecular formula is C22H38FN5O. The first kappa shape index (κ1) is 20.2. The Hall–Kier alpha value is -0.760. The summed E-state index contributed by atoms with van der Waals surface area (Å²) in [5, 5.41) is 10.5. The number of nitrogens with one attached hydrogen (secondary N) is 3. The molecule has 0 radical (unpaired) electrons. The van der Waals surface area contributed by atoms with Crippen molar-refractivity contribution in [1.29, 1.82) is 0 Å². The fraction of sp³-hybridized carbons (Fsp3) is 0.955. The van der Waals surface area contributed by atoms with Crippen LogP contribution in [0.4, 0.5) is 4.39 Å². The monoisotopic (exact) mass is 407 g/mol. The first-order valence-electron chi connectivity index (χ1n) is 12.0. The van der Waals surface area contributed by atoms with E-state index in [1.165, 1.54) is 51.6 Å². The van der Waals surface area contributed by atoms with Crippen molar-refractivity contribution in [2.45, 2.75) is 94.9 Å². The highest BCUT2D eigenvalue weighted by molar-refractivity contribution is 5.80. The molecule has 4 saturated heterocycles. The number of halogens is 1. The van der Waals surface area contributed by atoms with Crippen molar-refractivity contribution in [2.75, 3.05) is 26.2 Å². The van der Waals surface area contributed by atoms with E-state index < -0.39 is 6.17 Å². The van der Waals surface area contributed by atoms with Crippen LogP contribution in [0.2, 0.25) is 0 Å². The summed E-state index contributed by atoms with van der Waals surface area (Å²) >= 11 is 0. The number of rotatable bonds is 4. The molecule has 5 unspecified atom stereocenters. The van der Waals surface area contributed by atoms with Crippen LogP contribution in [0.25, 0.3) is 0 Å². The van der Waals surface area contributed by atoms with Gasteiger partial charge in [-0.1, -0.05) is 6.42 Å². The van der Waals surface area contributed by atoms with Crippen LogP contribution in [0.1, 0.15) is 58.3 Å². The zero-order chi connectivity index (χ0) is 20.0. The maximum absolute atomic E-state index is 14.3. The molecule has 5 aliphatic rings. The van der Waals surface area contributed by atoms with Crippen LogP contribution in [0.15, 0.2) is 0 Å². The molecule has 0 spiro atoms. The molecule has 5 rings (SSSR count). The fourth-order valence-electron chi connectivity index (χ4n) is 7.03. The summed E-state index contributed by atoms with van der Waals surface area (Å²) in [5.74, 6) is 0.605. The highest BCUT2D eigenvalue weighted by Crippen LogP contribution is 2.38. The van der Waals surface area contributed by atoms with Crippen molar-refractivity contribution in [1.82, 2.24) is 25.8 Å². The molecule has 0 aromatic heterocycles. The van der Waals surface area contributed by atoms with E-state index in [2.05, 4.69) is 32.7 Å². The number of carbonyl (C=O) groups is 1. The first-order valence-corrected chi connectivity index (χ1v) is 12.0. The predicted octanol–water partition coefficient (Wildman–Crippen LogP) is 1.42. The molecule has 1 saturated carbocycles. The molecule has 6 nitrogen and oxygen atoms in total. The van der Waals surface area contributed by atoms with Gasteiger partial charge in [-0.15, -0.1) is 0 Å². The van der Waals surface area contributed by atoms with Gasteiger partial charge in [0.1, 0.15) is 12.5 Å². The Morgan fingerprint density at radius 2 is 2.03 bits per heavy atom. The molecule has 0 aromatic carbocycles. The van der Waals surface area contributed by atoms with Crippen molar-refractivity contribution >= 4 is 5.91 Å². The minimum absolute atomic E-state index is 0.0405. The van der Waals surface area contributed by atoms with Crippen molar-refractivity contribution in [3.8, 4) is 0 Å². The van der Waals surface area contributed by atoms with E-state index in [4.69, 9.17) is 0 Å². The number of hydrogen-bond acceptors (Lipinski definition) is 5. The molecule has 8 atom stereocenters. The van der Waals surface area contributed by atoms with Gasteiger partial charge >= 0.3 is 0 Å². The van der Waals surface area contributed by atoms with Gasteiger partial charge in [0, 0.05) is 30.7 Å². The van der Waals surface area contributed by atoms with E-state index in [1.54, 1.807) is 0 Å². The smallest absolute Gasteiger partial charge is 0.224 e. The lowest BCUT2D eigenvalue weighted by Crippen LogP contribution is -2.55. The fourth-order valence-corrected chi connectivity index (χ4v) is 7.03. The van der Waals surface area contributed by atoms with Crippen molar-refractivity contribution in [3.63, 3.8) is 0 Å². The summed E-state index contributed by atoms with van der Waals surface area (Å²) in [6.45, 7) is 6.40. The van der Waals surface area contributed by atoms with E-state index in [1.807, 2.05) is 0 Å². The largest absolute Gasteiger partial charge is 0.354 e. The Morgan fingerprint density at radius 3 is 2.93 bits per heavy atom. The molecule has 7 heteroatoms. The molecule has 5 fully saturated rings. The Balaban J connectivity index is 1.23. The number of fused-ring (bicyclic) bond motifs is 1. The van der Waals surface area contributed by atoms with E-state index >= 15 is 0 Å². The predicted molar refractivity (Wildman–Crippen MR) is 111 cm³/mol. The number of piperidine rings is 2. The lowest BCUT2D eigenvalue weighted by molar-refractivity contribution is -0.127. The molecule has 3 N–H and O–H groups in total. The summed E-state index contributed by atoms with van der Waals surface area (Å²) in [6.07, 6.45) is 8.08. The molecule has 1 amide bonds. The van der Waals surface area contributed by atoms with Crippen LogP contribution in [0.3, 0.4) is 0 Å². The third-order valence-electron chi connectivity index (χ3n) is 8.36. The molecule has 4 heterocycles. The van der Waals surface area contributed by atoms with Crippen molar-refractivity contribution in [3.05, 3.63) is 0 Å². The van der Waals surface area contributed by atoms with Crippen LogP contribution in [0, 0.1) is 11.8 Å². The molecular weight excluding hydrogens is 369 g/mol. The summed E-state index contributed by atoms with van der Waals surface area (Å²) in [6, 6.07) is 1.22. The molecule has 1 aliphatic carbocycles. The van der Waals surface area contributed by atoms with Gasteiger partial charge in [-0.05, 0) is 77.4 Å². The van der Waals surface area contributed by atoms with Gasteiger partial charge in [0.05, 0.1) is 5.92 Å². The van der Waals surface area contributed by atoms with Gasteiger partial charge in [0.15, 0.2) is 0 Å². The second-order valence-corrected chi connectivity index (χ2v) is 10.1. The first-order chi connectivity index (χ1) is 14.1. The van der Waals surface area contributed by atoms with E-state index in [0.29, 0.717) is 19.4 Å². The zero-order valence-electron chi connectivity index (χ0n) is 17.8. The van der Waals surface area contributed by atoms with Crippen molar-refractivity contribution in [2.24, 2.45) is 11.8 Å². The lowest BCUT2D eigenvalue weighted by atomic mass is 9.80. The third-order valence-corrected chi connectivity index (χ3v) is 8.36. The maximum Gasteiger partial charge on any atom is 0.224 e. The quantitative estimate of drug-likeness (QED) is 0.658. The van der Waals surface area contributed by atoms with E-state index in [0.717, 1.165) is 18.5 Å². The molecule has 0 bridgehead atoms. The average Bonchev–Trinajstić information content (AvgIpc) is 3.03. The van der Waals surface area contributed by atoms with Crippen LogP contribution >= 0.6 is 0 Å². The van der Waals surface area contributed by atoms with Crippen LogP contribution in [-0.2, 0) is 4.79 Å². The van der Waals surface area contributed by atoms with Gasteiger partial charge in [-0.2, -0.15) is 0 Å². The maximum atomic E-state index is 14.3. The number of amides is 1. The third kappa shape index (κ3) is 3.84. The van der Waals surface area contributed by atoms with E-state index in [-0.39, 0.29) is 36.2 Å². The highest BCUT2D eigenvalue weighted by atomic mass is 19.1. The van der Waals surface area contributed by atoms with Gasteiger partial charge in [0.2, 0.25) is 5.91 Å². The molecule has 29 heavy (non-hydrogen) atoms. The number of carbonyl (C=O) groups excluding carboxylic acids is 1. The Labute approximate surface area is 174 Å². The standard InChI is InChI=1S/C22H38FN5O/c1-14-13-25-21(29)17-11-16(23)12-18-20(17)28(14)22(26-18)24-8-7-15-5-4-10-27-9-3-2-6-19(15)27/h14-20,22,24,26H,2-13H2,1H3,(H,25,29)/t14-,15-,16?,17?,18?,19+,20?,22?/m0/s1. The molecule has 164 valence electrons. The van der Waals surface area contributed by atoms with Gasteiger partial charge < -0.3 is 10.2 Å². The van der Waals surface area contributed by atoms with Gasteiger partial charge in [0.25, 0.3) is 0 Å². The van der Waals surface area contributed by atoms with Crippen LogP contribution in [-0.4, -0.2) is 78.5 Å². The Morgan fingerprint density at radius 1 is 1.17 bits per heavy atom. The van der Waals surface area contributed by atoms with Gasteiger partial charge in [-0.3, -0.25) is 20.3 Å². The topological polar surface area (TPSA) is 59.6 Å². The summed E-state index contributed by atoms with van der Waals surface area (Å²) in [4.78, 5) is 17.7. The second kappa shape index (κ2) is 8.40. The number of nitrogens with zero attached hydrogens (tertiary/aromatic N) is 2. The number of hydrogen-bond donors (Lipinski definition) is 3. The summed E-state index contributed by atoms with van der Waals surface area (Å²) < 4.78 is 14.3. The normalized spacial score (nSPS) is 45.9. The van der Waals surface area contributed by atoms with Crippen molar-refractivity contribution < 1.29 is 9.18 Å². The summed E-state index contributed by atoms with van der Waals surface area (Å²) in [5.41, 5.74) is 0. The Kier molecular flexibility index (Phi) is 5.84.